The topological polar surface area (TPSA) is 58.9 Å². The summed E-state index contributed by atoms with van der Waals surface area (Å²) in [7, 11) is 0. The maximum Gasteiger partial charge on any atom is 0.230 e. The fraction of sp³-hybridized carbons (Fsp3) is 1.00. The Morgan fingerprint density at radius 2 is 1.70 bits per heavy atom. The Labute approximate surface area is 60.2 Å². The molecular formula is C6H14O4. The van der Waals surface area contributed by atoms with Gasteiger partial charge in [0.2, 0.25) is 5.79 Å². The van der Waals surface area contributed by atoms with Gasteiger partial charge in [-0.05, 0) is 12.8 Å². The number of hydrogen-bond donors (Lipinski definition) is 2. The van der Waals surface area contributed by atoms with Gasteiger partial charge in [0.15, 0.2) is 0 Å². The first kappa shape index (κ1) is 9.84. The third kappa shape index (κ3) is 3.12. The first-order chi connectivity index (χ1) is 4.54. The quantitative estimate of drug-likeness (QED) is 0.364. The Balaban J connectivity index is 3.80. The van der Waals surface area contributed by atoms with E-state index in [0.717, 1.165) is 0 Å². The lowest BCUT2D eigenvalue weighted by atomic mass is 10.0. The highest BCUT2D eigenvalue weighted by atomic mass is 17.2. The van der Waals surface area contributed by atoms with E-state index in [9.17, 15) is 0 Å². The van der Waals surface area contributed by atoms with Gasteiger partial charge in [-0.1, -0.05) is 13.8 Å². The molecule has 10 heavy (non-hydrogen) atoms. The molecule has 0 rings (SSSR count). The zero-order valence-corrected chi connectivity index (χ0v) is 6.50. The van der Waals surface area contributed by atoms with Gasteiger partial charge in [0, 0.05) is 6.42 Å². The van der Waals surface area contributed by atoms with Crippen LogP contribution < -0.4 is 0 Å². The summed E-state index contributed by atoms with van der Waals surface area (Å²) in [6.45, 7) is 5.31. The van der Waals surface area contributed by atoms with E-state index in [0.29, 0.717) is 6.42 Å². The minimum atomic E-state index is -1.28. The van der Waals surface area contributed by atoms with Gasteiger partial charge in [-0.15, -0.1) is 0 Å². The highest BCUT2D eigenvalue weighted by Gasteiger charge is 2.27. The Bertz CT molecular complexity index is 87.7. The summed E-state index contributed by atoms with van der Waals surface area (Å²) in [4.78, 5) is 7.85. The summed E-state index contributed by atoms with van der Waals surface area (Å²) in [5.74, 6) is -1.00. The van der Waals surface area contributed by atoms with Crippen LogP contribution in [0.15, 0.2) is 0 Å². The molecule has 0 amide bonds. The van der Waals surface area contributed by atoms with Crippen molar-refractivity contribution in [3.63, 3.8) is 0 Å². The van der Waals surface area contributed by atoms with E-state index in [1.54, 1.807) is 0 Å². The van der Waals surface area contributed by atoms with E-state index in [1.165, 1.54) is 6.92 Å². The molecule has 2 N–H and O–H groups in total. The molecule has 0 aliphatic rings. The second-order valence-corrected chi connectivity index (χ2v) is 2.91. The first-order valence-electron chi connectivity index (χ1n) is 3.19. The molecule has 0 aromatic carbocycles. The molecule has 0 radical (unpaired) electrons. The molecule has 0 aromatic heterocycles. The van der Waals surface area contributed by atoms with Crippen LogP contribution in [0.25, 0.3) is 0 Å². The average molecular weight is 150 g/mol. The molecule has 0 aliphatic carbocycles. The lowest BCUT2D eigenvalue weighted by Gasteiger charge is -2.23. The molecule has 0 saturated heterocycles. The number of rotatable bonds is 4. The average Bonchev–Trinajstić information content (AvgIpc) is 1.87. The van der Waals surface area contributed by atoms with E-state index >= 15 is 0 Å². The van der Waals surface area contributed by atoms with E-state index in [1.807, 2.05) is 13.8 Å². The molecule has 0 bridgehead atoms. The van der Waals surface area contributed by atoms with E-state index in [-0.39, 0.29) is 5.92 Å². The minimum Gasteiger partial charge on any atom is -0.249 e. The monoisotopic (exact) mass is 150 g/mol. The summed E-state index contributed by atoms with van der Waals surface area (Å²) in [6, 6.07) is 0. The molecule has 0 fully saturated rings. The van der Waals surface area contributed by atoms with Crippen molar-refractivity contribution in [1.29, 1.82) is 0 Å². The molecule has 0 atom stereocenters. The van der Waals surface area contributed by atoms with Crippen LogP contribution in [-0.4, -0.2) is 16.3 Å². The second kappa shape index (κ2) is 3.88. The van der Waals surface area contributed by atoms with E-state index < -0.39 is 5.79 Å². The SMILES string of the molecule is CC(C)CC(C)(OO)OO. The molecule has 4 nitrogen and oxygen atoms in total. The fourth-order valence-electron chi connectivity index (χ4n) is 0.833. The van der Waals surface area contributed by atoms with Gasteiger partial charge in [0.25, 0.3) is 0 Å². The number of hydrogen-bond acceptors (Lipinski definition) is 4. The molecule has 4 heteroatoms. The lowest BCUT2D eigenvalue weighted by Crippen LogP contribution is -2.31. The molecule has 0 saturated carbocycles. The molecule has 0 unspecified atom stereocenters. The molecule has 62 valence electrons. The molecule has 0 spiro atoms. The third-order valence-corrected chi connectivity index (χ3v) is 1.17. The van der Waals surface area contributed by atoms with Gasteiger partial charge in [-0.25, -0.2) is 20.3 Å². The Morgan fingerprint density at radius 1 is 1.30 bits per heavy atom. The Hall–Kier alpha value is -0.160. The van der Waals surface area contributed by atoms with E-state index in [2.05, 4.69) is 9.78 Å². The van der Waals surface area contributed by atoms with Gasteiger partial charge in [-0.3, -0.25) is 0 Å². The summed E-state index contributed by atoms with van der Waals surface area (Å²) >= 11 is 0. The fourth-order valence-corrected chi connectivity index (χ4v) is 0.833. The van der Waals surface area contributed by atoms with Crippen LogP contribution >= 0.6 is 0 Å². The van der Waals surface area contributed by atoms with Crippen molar-refractivity contribution in [2.24, 2.45) is 5.92 Å². The largest absolute Gasteiger partial charge is 0.249 e. The van der Waals surface area contributed by atoms with Crippen molar-refractivity contribution in [3.05, 3.63) is 0 Å². The normalized spacial score (nSPS) is 12.6. The van der Waals surface area contributed by atoms with Gasteiger partial charge in [-0.2, -0.15) is 0 Å². The van der Waals surface area contributed by atoms with Crippen molar-refractivity contribution >= 4 is 0 Å². The Morgan fingerprint density at radius 3 is 1.80 bits per heavy atom. The van der Waals surface area contributed by atoms with Gasteiger partial charge >= 0.3 is 0 Å². The van der Waals surface area contributed by atoms with Crippen LogP contribution in [-0.2, 0) is 9.78 Å². The molecule has 0 aromatic rings. The highest BCUT2D eigenvalue weighted by molar-refractivity contribution is 4.61. The minimum absolute atomic E-state index is 0.282. The van der Waals surface area contributed by atoms with Crippen LogP contribution in [0.3, 0.4) is 0 Å². The van der Waals surface area contributed by atoms with Crippen molar-refractivity contribution < 1.29 is 20.3 Å². The lowest BCUT2D eigenvalue weighted by molar-refractivity contribution is -0.483. The third-order valence-electron chi connectivity index (χ3n) is 1.17. The standard InChI is InChI=1S/C6H14O4/c1-5(2)4-6(3,9-7)10-8/h5,7-8H,4H2,1-3H3. The maximum atomic E-state index is 8.25. The van der Waals surface area contributed by atoms with Crippen LogP contribution in [0, 0.1) is 5.92 Å². The van der Waals surface area contributed by atoms with Crippen LogP contribution in [0.1, 0.15) is 27.2 Å². The first-order valence-corrected chi connectivity index (χ1v) is 3.19. The Kier molecular flexibility index (Phi) is 3.81. The van der Waals surface area contributed by atoms with Gasteiger partial charge in [0.1, 0.15) is 0 Å². The summed E-state index contributed by atoms with van der Waals surface area (Å²) in [5.41, 5.74) is 0. The zero-order chi connectivity index (χ0) is 8.20. The zero-order valence-electron chi connectivity index (χ0n) is 6.50. The van der Waals surface area contributed by atoms with Crippen molar-refractivity contribution in [3.8, 4) is 0 Å². The summed E-state index contributed by atoms with van der Waals surface area (Å²) < 4.78 is 0. The highest BCUT2D eigenvalue weighted by Crippen LogP contribution is 2.19. The second-order valence-electron chi connectivity index (χ2n) is 2.91. The van der Waals surface area contributed by atoms with Crippen molar-refractivity contribution in [2.45, 2.75) is 33.0 Å². The van der Waals surface area contributed by atoms with Crippen LogP contribution in [0.2, 0.25) is 0 Å². The predicted molar refractivity (Wildman–Crippen MR) is 35.3 cm³/mol. The smallest absolute Gasteiger partial charge is 0.230 e. The molecule has 0 aliphatic heterocycles. The van der Waals surface area contributed by atoms with Gasteiger partial charge < -0.3 is 0 Å². The van der Waals surface area contributed by atoms with Gasteiger partial charge in [0.05, 0.1) is 0 Å². The maximum absolute atomic E-state index is 8.25. The summed E-state index contributed by atoms with van der Waals surface area (Å²) in [5, 5.41) is 16.5. The summed E-state index contributed by atoms with van der Waals surface area (Å²) in [6.07, 6.45) is 0.431. The van der Waals surface area contributed by atoms with Crippen molar-refractivity contribution in [2.75, 3.05) is 0 Å². The van der Waals surface area contributed by atoms with Crippen LogP contribution in [0.5, 0.6) is 0 Å². The van der Waals surface area contributed by atoms with Crippen LogP contribution in [0.4, 0.5) is 0 Å². The predicted octanol–water partition coefficient (Wildman–Crippen LogP) is 1.73. The molecule has 0 heterocycles. The van der Waals surface area contributed by atoms with E-state index in [4.69, 9.17) is 10.5 Å². The van der Waals surface area contributed by atoms with Crippen molar-refractivity contribution in [1.82, 2.24) is 0 Å². The molecular weight excluding hydrogens is 136 g/mol.